The molecule has 4 nitrogen and oxygen atoms in total. The van der Waals surface area contributed by atoms with E-state index in [0.717, 1.165) is 37.6 Å². The van der Waals surface area contributed by atoms with Gasteiger partial charge in [-0.25, -0.2) is 9.97 Å². The number of nitrogens with one attached hydrogen (secondary N) is 1. The Morgan fingerprint density at radius 2 is 2.21 bits per heavy atom. The van der Waals surface area contributed by atoms with Crippen molar-refractivity contribution in [3.05, 3.63) is 34.3 Å². The monoisotopic (exact) mass is 278 g/mol. The SMILES string of the molecule is Cc1ncsc1CCn1ccnc1CNCC(C)C. The summed E-state index contributed by atoms with van der Waals surface area (Å²) < 4.78 is 2.23. The first-order chi connectivity index (χ1) is 9.16. The van der Waals surface area contributed by atoms with Crippen LogP contribution < -0.4 is 5.32 Å². The normalized spacial score (nSPS) is 11.4. The predicted molar refractivity (Wildman–Crippen MR) is 79.3 cm³/mol. The molecule has 0 amide bonds. The molecule has 0 unspecified atom stereocenters. The van der Waals surface area contributed by atoms with Crippen LogP contribution in [0.4, 0.5) is 0 Å². The Morgan fingerprint density at radius 1 is 1.37 bits per heavy atom. The third-order valence-electron chi connectivity index (χ3n) is 3.06. The van der Waals surface area contributed by atoms with E-state index in [0.29, 0.717) is 5.92 Å². The largest absolute Gasteiger partial charge is 0.334 e. The zero-order valence-electron chi connectivity index (χ0n) is 11.9. The molecule has 2 rings (SSSR count). The highest BCUT2D eigenvalue weighted by Gasteiger charge is 2.05. The van der Waals surface area contributed by atoms with Gasteiger partial charge < -0.3 is 9.88 Å². The van der Waals surface area contributed by atoms with E-state index in [1.807, 2.05) is 11.7 Å². The fourth-order valence-corrected chi connectivity index (χ4v) is 2.74. The first-order valence-electron chi connectivity index (χ1n) is 6.76. The molecule has 0 saturated carbocycles. The highest BCUT2D eigenvalue weighted by molar-refractivity contribution is 7.09. The molecule has 0 radical (unpaired) electrons. The van der Waals surface area contributed by atoms with Crippen molar-refractivity contribution in [2.45, 2.75) is 40.3 Å². The lowest BCUT2D eigenvalue weighted by atomic mass is 10.2. The van der Waals surface area contributed by atoms with Gasteiger partial charge >= 0.3 is 0 Å². The van der Waals surface area contributed by atoms with Crippen molar-refractivity contribution in [2.75, 3.05) is 6.54 Å². The maximum atomic E-state index is 4.42. The molecule has 0 aliphatic rings. The molecular weight excluding hydrogens is 256 g/mol. The van der Waals surface area contributed by atoms with Crippen LogP contribution in [0.5, 0.6) is 0 Å². The molecule has 0 bridgehead atoms. The quantitative estimate of drug-likeness (QED) is 0.846. The van der Waals surface area contributed by atoms with E-state index in [9.17, 15) is 0 Å². The third-order valence-corrected chi connectivity index (χ3v) is 4.06. The molecule has 5 heteroatoms. The molecule has 104 valence electrons. The van der Waals surface area contributed by atoms with E-state index in [1.54, 1.807) is 11.3 Å². The van der Waals surface area contributed by atoms with Gasteiger partial charge in [-0.15, -0.1) is 11.3 Å². The van der Waals surface area contributed by atoms with Crippen LogP contribution in [0, 0.1) is 12.8 Å². The second kappa shape index (κ2) is 6.82. The maximum absolute atomic E-state index is 4.42. The smallest absolute Gasteiger partial charge is 0.122 e. The summed E-state index contributed by atoms with van der Waals surface area (Å²) in [4.78, 5) is 10.1. The average Bonchev–Trinajstić information content (AvgIpc) is 2.95. The van der Waals surface area contributed by atoms with Gasteiger partial charge in [0, 0.05) is 30.2 Å². The van der Waals surface area contributed by atoms with E-state index >= 15 is 0 Å². The first-order valence-corrected chi connectivity index (χ1v) is 7.64. The van der Waals surface area contributed by atoms with Crippen LogP contribution in [0.2, 0.25) is 0 Å². The fraction of sp³-hybridized carbons (Fsp3) is 0.571. The summed E-state index contributed by atoms with van der Waals surface area (Å²) in [5, 5.41) is 3.44. The van der Waals surface area contributed by atoms with Crippen molar-refractivity contribution >= 4 is 11.3 Å². The van der Waals surface area contributed by atoms with Gasteiger partial charge in [-0.3, -0.25) is 0 Å². The minimum absolute atomic E-state index is 0.670. The Morgan fingerprint density at radius 3 is 2.89 bits per heavy atom. The Hall–Kier alpha value is -1.20. The lowest BCUT2D eigenvalue weighted by Crippen LogP contribution is -2.21. The van der Waals surface area contributed by atoms with Gasteiger partial charge in [0.1, 0.15) is 5.82 Å². The van der Waals surface area contributed by atoms with Crippen molar-refractivity contribution < 1.29 is 0 Å². The highest BCUT2D eigenvalue weighted by Crippen LogP contribution is 2.14. The van der Waals surface area contributed by atoms with E-state index in [1.165, 1.54) is 4.88 Å². The molecule has 0 saturated heterocycles. The van der Waals surface area contributed by atoms with Crippen molar-refractivity contribution in [1.82, 2.24) is 19.9 Å². The maximum Gasteiger partial charge on any atom is 0.122 e. The minimum atomic E-state index is 0.670. The van der Waals surface area contributed by atoms with Crippen molar-refractivity contribution in [2.24, 2.45) is 5.92 Å². The van der Waals surface area contributed by atoms with Crippen molar-refractivity contribution in [1.29, 1.82) is 0 Å². The van der Waals surface area contributed by atoms with Crippen LogP contribution in [-0.2, 0) is 19.5 Å². The zero-order valence-corrected chi connectivity index (χ0v) is 12.7. The van der Waals surface area contributed by atoms with Gasteiger partial charge in [0.25, 0.3) is 0 Å². The lowest BCUT2D eigenvalue weighted by Gasteiger charge is -2.10. The van der Waals surface area contributed by atoms with Gasteiger partial charge in [-0.05, 0) is 19.4 Å². The highest BCUT2D eigenvalue weighted by atomic mass is 32.1. The van der Waals surface area contributed by atoms with Crippen molar-refractivity contribution in [3.63, 3.8) is 0 Å². The average molecular weight is 278 g/mol. The van der Waals surface area contributed by atoms with Gasteiger partial charge in [0.05, 0.1) is 17.7 Å². The third kappa shape index (κ3) is 4.14. The molecule has 2 aromatic heterocycles. The number of hydrogen-bond donors (Lipinski definition) is 1. The van der Waals surface area contributed by atoms with Crippen LogP contribution >= 0.6 is 11.3 Å². The van der Waals surface area contributed by atoms with Crippen LogP contribution in [0.1, 0.15) is 30.2 Å². The summed E-state index contributed by atoms with van der Waals surface area (Å²) >= 11 is 1.74. The number of hydrogen-bond acceptors (Lipinski definition) is 4. The molecule has 0 aromatic carbocycles. The Kier molecular flexibility index (Phi) is 5.10. The molecular formula is C14H22N4S. The zero-order chi connectivity index (χ0) is 13.7. The lowest BCUT2D eigenvalue weighted by molar-refractivity contribution is 0.527. The Balaban J connectivity index is 1.87. The Bertz CT molecular complexity index is 501. The number of nitrogens with zero attached hydrogens (tertiary/aromatic N) is 3. The van der Waals surface area contributed by atoms with Crippen LogP contribution in [0.25, 0.3) is 0 Å². The van der Waals surface area contributed by atoms with Crippen LogP contribution in [-0.4, -0.2) is 21.1 Å². The summed E-state index contributed by atoms with van der Waals surface area (Å²) in [5.74, 6) is 1.78. The second-order valence-electron chi connectivity index (χ2n) is 5.17. The molecule has 1 N–H and O–H groups in total. The topological polar surface area (TPSA) is 42.7 Å². The summed E-state index contributed by atoms with van der Waals surface area (Å²) in [6.45, 7) is 9.35. The van der Waals surface area contributed by atoms with Gasteiger partial charge in [0.2, 0.25) is 0 Å². The number of thiazole rings is 1. The van der Waals surface area contributed by atoms with Crippen LogP contribution in [0.3, 0.4) is 0 Å². The number of rotatable bonds is 7. The first kappa shape index (κ1) is 14.2. The number of imidazole rings is 1. The molecule has 2 aromatic rings. The number of aromatic nitrogens is 3. The van der Waals surface area contributed by atoms with Crippen molar-refractivity contribution in [3.8, 4) is 0 Å². The van der Waals surface area contributed by atoms with Gasteiger partial charge in [-0.2, -0.15) is 0 Å². The fourth-order valence-electron chi connectivity index (χ4n) is 1.97. The van der Waals surface area contributed by atoms with Crippen LogP contribution in [0.15, 0.2) is 17.9 Å². The van der Waals surface area contributed by atoms with E-state index in [2.05, 4.69) is 46.8 Å². The van der Waals surface area contributed by atoms with Gasteiger partial charge in [0.15, 0.2) is 0 Å². The van der Waals surface area contributed by atoms with E-state index in [-0.39, 0.29) is 0 Å². The number of aryl methyl sites for hydroxylation is 3. The predicted octanol–water partition coefficient (Wildman–Crippen LogP) is 2.64. The molecule has 0 atom stereocenters. The summed E-state index contributed by atoms with van der Waals surface area (Å²) in [6.07, 6.45) is 4.97. The van der Waals surface area contributed by atoms with Gasteiger partial charge in [-0.1, -0.05) is 13.8 Å². The van der Waals surface area contributed by atoms with E-state index in [4.69, 9.17) is 0 Å². The second-order valence-corrected chi connectivity index (χ2v) is 6.11. The summed E-state index contributed by atoms with van der Waals surface area (Å²) in [7, 11) is 0. The molecule has 0 spiro atoms. The standard InChI is InChI=1S/C14H22N4S/c1-11(2)8-15-9-14-16-5-7-18(14)6-4-13-12(3)17-10-19-13/h5,7,10-11,15H,4,6,8-9H2,1-3H3. The molecule has 2 heterocycles. The molecule has 0 aliphatic carbocycles. The van der Waals surface area contributed by atoms with E-state index < -0.39 is 0 Å². The Labute approximate surface area is 118 Å². The molecule has 19 heavy (non-hydrogen) atoms. The molecule has 0 fully saturated rings. The summed E-state index contributed by atoms with van der Waals surface area (Å²) in [6, 6.07) is 0. The minimum Gasteiger partial charge on any atom is -0.334 e. The summed E-state index contributed by atoms with van der Waals surface area (Å²) in [5.41, 5.74) is 3.08. The molecule has 0 aliphatic heterocycles.